The molecule has 0 aromatic heterocycles. The molecule has 0 bridgehead atoms. The second kappa shape index (κ2) is 8.74. The zero-order valence-corrected chi connectivity index (χ0v) is 17.2. The molecule has 0 radical (unpaired) electrons. The molecule has 162 valence electrons. The molecular weight excluding hydrogens is 423 g/mol. The van der Waals surface area contributed by atoms with Gasteiger partial charge >= 0.3 is 6.18 Å². The highest BCUT2D eigenvalue weighted by Crippen LogP contribution is 2.34. The lowest BCUT2D eigenvalue weighted by atomic mass is 10.1. The quantitative estimate of drug-likeness (QED) is 0.744. The first-order chi connectivity index (χ1) is 13.8. The molecular formula is C19H20F3N3O4S. The molecule has 0 fully saturated rings. The van der Waals surface area contributed by atoms with Gasteiger partial charge in [-0.05, 0) is 36.4 Å². The highest BCUT2D eigenvalue weighted by atomic mass is 32.2. The molecule has 0 aliphatic rings. The van der Waals surface area contributed by atoms with Gasteiger partial charge < -0.3 is 10.2 Å². The van der Waals surface area contributed by atoms with Crippen LogP contribution in [-0.4, -0.2) is 52.0 Å². The predicted molar refractivity (Wildman–Crippen MR) is 107 cm³/mol. The Balaban J connectivity index is 2.27. The minimum atomic E-state index is -4.69. The van der Waals surface area contributed by atoms with Gasteiger partial charge in [0.1, 0.15) is 6.54 Å². The highest BCUT2D eigenvalue weighted by Gasteiger charge is 2.33. The van der Waals surface area contributed by atoms with Crippen LogP contribution in [0.5, 0.6) is 0 Å². The summed E-state index contributed by atoms with van der Waals surface area (Å²) in [6.07, 6.45) is -3.82. The van der Waals surface area contributed by atoms with E-state index in [1.165, 1.54) is 41.3 Å². The summed E-state index contributed by atoms with van der Waals surface area (Å²) in [6.45, 7) is -0.744. The van der Waals surface area contributed by atoms with Crippen molar-refractivity contribution in [2.24, 2.45) is 0 Å². The van der Waals surface area contributed by atoms with Crippen LogP contribution in [-0.2, 0) is 21.0 Å². The van der Waals surface area contributed by atoms with E-state index in [4.69, 9.17) is 0 Å². The molecule has 0 unspecified atom stereocenters. The average Bonchev–Trinajstić information content (AvgIpc) is 2.64. The van der Waals surface area contributed by atoms with Crippen LogP contribution in [0.3, 0.4) is 0 Å². The fourth-order valence-electron chi connectivity index (χ4n) is 2.59. The monoisotopic (exact) mass is 443 g/mol. The first-order valence-electron chi connectivity index (χ1n) is 8.56. The van der Waals surface area contributed by atoms with E-state index in [0.29, 0.717) is 5.56 Å². The fourth-order valence-corrected chi connectivity index (χ4v) is 3.44. The second-order valence-electron chi connectivity index (χ2n) is 6.61. The normalized spacial score (nSPS) is 11.7. The van der Waals surface area contributed by atoms with Gasteiger partial charge in [0.15, 0.2) is 0 Å². The van der Waals surface area contributed by atoms with Crippen molar-refractivity contribution < 1.29 is 31.2 Å². The van der Waals surface area contributed by atoms with E-state index in [9.17, 15) is 31.2 Å². The molecule has 1 N–H and O–H groups in total. The summed E-state index contributed by atoms with van der Waals surface area (Å²) in [6, 6.07) is 9.86. The fraction of sp³-hybridized carbons (Fsp3) is 0.263. The third kappa shape index (κ3) is 5.72. The summed E-state index contributed by atoms with van der Waals surface area (Å²) in [4.78, 5) is 25.6. The van der Waals surface area contributed by atoms with E-state index in [2.05, 4.69) is 5.32 Å². The number of benzene rings is 2. The largest absolute Gasteiger partial charge is 0.418 e. The Kier molecular flexibility index (Phi) is 6.76. The zero-order chi connectivity index (χ0) is 22.7. The van der Waals surface area contributed by atoms with Crippen molar-refractivity contribution >= 4 is 33.2 Å². The number of hydrogen-bond acceptors (Lipinski definition) is 4. The lowest BCUT2D eigenvalue weighted by molar-refractivity contribution is -0.137. The molecule has 2 aromatic carbocycles. The number of sulfonamides is 1. The number of halogens is 3. The van der Waals surface area contributed by atoms with Crippen LogP contribution < -0.4 is 9.62 Å². The van der Waals surface area contributed by atoms with Crippen LogP contribution in [0.2, 0.25) is 0 Å². The molecule has 0 saturated carbocycles. The number of para-hydroxylation sites is 1. The summed E-state index contributed by atoms with van der Waals surface area (Å²) >= 11 is 0. The summed E-state index contributed by atoms with van der Waals surface area (Å²) in [7, 11) is -0.823. The number of nitrogens with zero attached hydrogens (tertiary/aromatic N) is 2. The van der Waals surface area contributed by atoms with E-state index >= 15 is 0 Å². The van der Waals surface area contributed by atoms with Gasteiger partial charge in [-0.25, -0.2) is 8.42 Å². The van der Waals surface area contributed by atoms with E-state index in [1.807, 2.05) is 0 Å². The molecule has 2 aromatic rings. The highest BCUT2D eigenvalue weighted by molar-refractivity contribution is 7.92. The van der Waals surface area contributed by atoms with Crippen molar-refractivity contribution in [2.75, 3.05) is 36.5 Å². The lowest BCUT2D eigenvalue weighted by Gasteiger charge is -2.23. The molecule has 11 heteroatoms. The molecule has 2 rings (SSSR count). The Morgan fingerprint density at radius 3 is 2.07 bits per heavy atom. The molecule has 2 amide bonds. The molecule has 0 spiro atoms. The predicted octanol–water partition coefficient (Wildman–Crippen LogP) is 2.81. The van der Waals surface area contributed by atoms with Gasteiger partial charge in [-0.3, -0.25) is 13.9 Å². The van der Waals surface area contributed by atoms with E-state index in [-0.39, 0.29) is 11.6 Å². The van der Waals surface area contributed by atoms with Gasteiger partial charge in [-0.15, -0.1) is 0 Å². The van der Waals surface area contributed by atoms with E-state index < -0.39 is 39.9 Å². The van der Waals surface area contributed by atoms with Crippen molar-refractivity contribution in [1.82, 2.24) is 4.90 Å². The first-order valence-corrected chi connectivity index (χ1v) is 10.4. The molecule has 0 saturated heterocycles. The Morgan fingerprint density at radius 2 is 1.57 bits per heavy atom. The standard InChI is InChI=1S/C19H20F3N3O4S/c1-24(2)18(27)13-8-10-14(11-9-13)25(30(3,28)29)12-17(26)23-16-7-5-4-6-15(16)19(20,21)22/h4-11H,12H2,1-3H3,(H,23,26). The molecule has 0 aliphatic carbocycles. The van der Waals surface area contributed by atoms with Crippen LogP contribution in [0.4, 0.5) is 24.5 Å². The Hall–Kier alpha value is -3.08. The lowest BCUT2D eigenvalue weighted by Crippen LogP contribution is -2.37. The van der Waals surface area contributed by atoms with Crippen molar-refractivity contribution in [3.63, 3.8) is 0 Å². The molecule has 0 aliphatic heterocycles. The van der Waals surface area contributed by atoms with Gasteiger partial charge in [0.25, 0.3) is 5.91 Å². The topological polar surface area (TPSA) is 86.8 Å². The Morgan fingerprint density at radius 1 is 1.00 bits per heavy atom. The molecule has 30 heavy (non-hydrogen) atoms. The number of anilines is 2. The average molecular weight is 443 g/mol. The van der Waals surface area contributed by atoms with Crippen molar-refractivity contribution in [3.05, 3.63) is 59.7 Å². The maximum absolute atomic E-state index is 13.1. The SMILES string of the molecule is CN(C)C(=O)c1ccc(N(CC(=O)Nc2ccccc2C(F)(F)F)S(C)(=O)=O)cc1. The van der Waals surface area contributed by atoms with E-state index in [0.717, 1.165) is 22.7 Å². The number of rotatable bonds is 6. The Labute approximate surface area is 172 Å². The molecule has 0 heterocycles. The van der Waals surface area contributed by atoms with Gasteiger partial charge in [-0.2, -0.15) is 13.2 Å². The summed E-state index contributed by atoms with van der Waals surface area (Å²) in [5.74, 6) is -1.25. The van der Waals surface area contributed by atoms with Crippen LogP contribution in [0.25, 0.3) is 0 Å². The van der Waals surface area contributed by atoms with Gasteiger partial charge in [0.2, 0.25) is 15.9 Å². The van der Waals surface area contributed by atoms with Crippen LogP contribution in [0, 0.1) is 0 Å². The summed E-state index contributed by atoms with van der Waals surface area (Å²) in [5.41, 5.74) is -1.13. The number of hydrogen-bond donors (Lipinski definition) is 1. The smallest absolute Gasteiger partial charge is 0.345 e. The van der Waals surface area contributed by atoms with Crippen molar-refractivity contribution in [1.29, 1.82) is 0 Å². The maximum atomic E-state index is 13.1. The van der Waals surface area contributed by atoms with Crippen molar-refractivity contribution in [3.8, 4) is 0 Å². The number of alkyl halides is 3. The van der Waals surface area contributed by atoms with Gasteiger partial charge in [0.05, 0.1) is 23.2 Å². The van der Waals surface area contributed by atoms with E-state index in [1.54, 1.807) is 14.1 Å². The Bertz CT molecular complexity index is 1040. The molecule has 7 nitrogen and oxygen atoms in total. The number of amides is 2. The zero-order valence-electron chi connectivity index (χ0n) is 16.4. The van der Waals surface area contributed by atoms with Crippen LogP contribution in [0.1, 0.15) is 15.9 Å². The third-order valence-electron chi connectivity index (χ3n) is 4.00. The minimum absolute atomic E-state index is 0.0899. The third-order valence-corrected chi connectivity index (χ3v) is 5.14. The second-order valence-corrected chi connectivity index (χ2v) is 8.51. The summed E-state index contributed by atoms with van der Waals surface area (Å²) in [5, 5.41) is 2.11. The summed E-state index contributed by atoms with van der Waals surface area (Å²) < 4.78 is 64.3. The number of carbonyl (C=O) groups is 2. The van der Waals surface area contributed by atoms with Crippen molar-refractivity contribution in [2.45, 2.75) is 6.18 Å². The van der Waals surface area contributed by atoms with Gasteiger partial charge in [-0.1, -0.05) is 12.1 Å². The van der Waals surface area contributed by atoms with Gasteiger partial charge in [0, 0.05) is 19.7 Å². The number of carbonyl (C=O) groups excluding carboxylic acids is 2. The number of nitrogens with one attached hydrogen (secondary N) is 1. The minimum Gasteiger partial charge on any atom is -0.345 e. The first kappa shape index (κ1) is 23.2. The molecule has 0 atom stereocenters. The van der Waals surface area contributed by atoms with Crippen LogP contribution in [0.15, 0.2) is 48.5 Å². The van der Waals surface area contributed by atoms with Crippen LogP contribution >= 0.6 is 0 Å². The maximum Gasteiger partial charge on any atom is 0.418 e.